The molecule has 0 N–H and O–H groups in total. The number of carbonyl (C=O) groups excluding carboxylic acids is 1. The monoisotopic (exact) mass is 469 g/mol. The van der Waals surface area contributed by atoms with Gasteiger partial charge in [0.05, 0.1) is 17.1 Å². The van der Waals surface area contributed by atoms with Crippen LogP contribution in [-0.2, 0) is 33.2 Å². The van der Waals surface area contributed by atoms with Crippen LogP contribution in [0.25, 0.3) is 0 Å². The number of methoxy groups -OCH3 is 2. The van der Waals surface area contributed by atoms with Crippen molar-refractivity contribution in [2.45, 2.75) is 69.8 Å². The van der Waals surface area contributed by atoms with Gasteiger partial charge in [-0.2, -0.15) is 0 Å². The molecule has 0 bridgehead atoms. The zero-order valence-corrected chi connectivity index (χ0v) is 19.5. The Morgan fingerprint density at radius 2 is 1.73 bits per heavy atom. The zero-order chi connectivity index (χ0) is 24.2. The van der Waals surface area contributed by atoms with Gasteiger partial charge in [-0.3, -0.25) is 10.1 Å². The third kappa shape index (κ3) is 5.18. The van der Waals surface area contributed by atoms with E-state index in [1.807, 2.05) is 6.92 Å². The van der Waals surface area contributed by atoms with Gasteiger partial charge in [-0.1, -0.05) is 13.3 Å². The Labute approximate surface area is 192 Å². The predicted octanol–water partition coefficient (Wildman–Crippen LogP) is 2.80. The summed E-state index contributed by atoms with van der Waals surface area (Å²) in [6.45, 7) is 5.87. The molecule has 33 heavy (non-hydrogen) atoms. The van der Waals surface area contributed by atoms with Crippen LogP contribution in [0.2, 0.25) is 0 Å². The van der Waals surface area contributed by atoms with Gasteiger partial charge in [0.1, 0.15) is 12.2 Å². The highest BCUT2D eigenvalue weighted by molar-refractivity contribution is 5.89. The molecule has 6 atom stereocenters. The van der Waals surface area contributed by atoms with Crippen molar-refractivity contribution in [3.63, 3.8) is 0 Å². The lowest BCUT2D eigenvalue weighted by molar-refractivity contribution is -0.478. The third-order valence-corrected chi connectivity index (χ3v) is 6.06. The number of nitro groups is 1. The van der Waals surface area contributed by atoms with Crippen molar-refractivity contribution in [1.82, 2.24) is 0 Å². The first-order chi connectivity index (χ1) is 15.7. The molecule has 3 rings (SSSR count). The first-order valence-corrected chi connectivity index (χ1v) is 10.8. The number of nitro benzene ring substituents is 1. The van der Waals surface area contributed by atoms with Crippen LogP contribution in [0.4, 0.5) is 5.69 Å². The van der Waals surface area contributed by atoms with Gasteiger partial charge in [0.15, 0.2) is 12.4 Å². The third-order valence-electron chi connectivity index (χ3n) is 6.06. The Balaban J connectivity index is 1.81. The highest BCUT2D eigenvalue weighted by Crippen LogP contribution is 2.43. The number of fused-ring (bicyclic) bond motifs is 1. The molecule has 0 aliphatic carbocycles. The van der Waals surface area contributed by atoms with Crippen LogP contribution >= 0.6 is 0 Å². The van der Waals surface area contributed by atoms with E-state index in [0.29, 0.717) is 6.61 Å². The molecule has 11 heteroatoms. The van der Waals surface area contributed by atoms with E-state index in [4.69, 9.17) is 33.2 Å². The SMILES string of the molecule is CCCCO[C@@H]1OC[C@H](OC(=O)c2ccc([N+](=O)[O-])cc2)[C@H]2OC(C)(OC)[C@@](C)(OC)O[C@H]12. The van der Waals surface area contributed by atoms with Crippen molar-refractivity contribution in [2.75, 3.05) is 27.4 Å². The first-order valence-electron chi connectivity index (χ1n) is 10.8. The number of carbonyl (C=O) groups is 1. The molecule has 2 fully saturated rings. The van der Waals surface area contributed by atoms with Crippen LogP contribution in [-0.4, -0.2) is 74.5 Å². The quantitative estimate of drug-likeness (QED) is 0.231. The normalized spacial score (nSPS) is 33.8. The first kappa shape index (κ1) is 25.5. The molecular formula is C22H31NO10. The van der Waals surface area contributed by atoms with Gasteiger partial charge in [0.2, 0.25) is 11.6 Å². The van der Waals surface area contributed by atoms with E-state index in [1.54, 1.807) is 13.8 Å². The minimum absolute atomic E-state index is 0.00350. The number of unbranched alkanes of at least 4 members (excludes halogenated alkanes) is 1. The molecule has 0 spiro atoms. The van der Waals surface area contributed by atoms with E-state index in [-0.39, 0.29) is 17.9 Å². The summed E-state index contributed by atoms with van der Waals surface area (Å²) in [5.74, 6) is -3.28. The number of benzene rings is 1. The summed E-state index contributed by atoms with van der Waals surface area (Å²) in [6.07, 6.45) is -1.36. The molecule has 184 valence electrons. The smallest absolute Gasteiger partial charge is 0.338 e. The minimum atomic E-state index is -1.31. The van der Waals surface area contributed by atoms with Gasteiger partial charge in [-0.25, -0.2) is 4.79 Å². The number of ether oxygens (including phenoxy) is 7. The number of hydrogen-bond acceptors (Lipinski definition) is 10. The zero-order valence-electron chi connectivity index (χ0n) is 19.5. The van der Waals surface area contributed by atoms with Crippen LogP contribution in [0.15, 0.2) is 24.3 Å². The highest BCUT2D eigenvalue weighted by atomic mass is 16.8. The molecule has 2 aliphatic heterocycles. The van der Waals surface area contributed by atoms with Gasteiger partial charge >= 0.3 is 5.97 Å². The topological polar surface area (TPSA) is 125 Å². The molecular weight excluding hydrogens is 438 g/mol. The summed E-state index contributed by atoms with van der Waals surface area (Å²) < 4.78 is 41.1. The van der Waals surface area contributed by atoms with Crippen molar-refractivity contribution in [2.24, 2.45) is 0 Å². The molecule has 1 unspecified atom stereocenters. The van der Waals surface area contributed by atoms with Gasteiger partial charge in [-0.15, -0.1) is 0 Å². The second-order valence-electron chi connectivity index (χ2n) is 8.14. The summed E-state index contributed by atoms with van der Waals surface area (Å²) >= 11 is 0. The fourth-order valence-corrected chi connectivity index (χ4v) is 3.72. The highest BCUT2D eigenvalue weighted by Gasteiger charge is 2.62. The van der Waals surface area contributed by atoms with Crippen LogP contribution in [0.3, 0.4) is 0 Å². The van der Waals surface area contributed by atoms with Crippen molar-refractivity contribution in [1.29, 1.82) is 0 Å². The predicted molar refractivity (Wildman–Crippen MR) is 113 cm³/mol. The minimum Gasteiger partial charge on any atom is -0.453 e. The molecule has 0 aromatic heterocycles. The van der Waals surface area contributed by atoms with Gasteiger partial charge in [0, 0.05) is 33.0 Å². The Morgan fingerprint density at radius 3 is 2.27 bits per heavy atom. The molecule has 1 aromatic carbocycles. The summed E-state index contributed by atoms with van der Waals surface area (Å²) in [7, 11) is 2.94. The molecule has 0 amide bonds. The molecule has 1 aromatic rings. The standard InChI is InChI=1S/C22H31NO10/c1-6-7-12-29-20-18-17(32-21(2,27-4)22(3,28-5)33-18)16(13-30-20)31-19(24)14-8-10-15(11-9-14)23(25)26/h8-11,16-18,20H,6-7,12-13H2,1-5H3/t16-,17+,18-,20+,21?,22-/m0/s1. The molecule has 11 nitrogen and oxygen atoms in total. The second-order valence-corrected chi connectivity index (χ2v) is 8.14. The Kier molecular flexibility index (Phi) is 8.04. The largest absolute Gasteiger partial charge is 0.453 e. The Morgan fingerprint density at radius 1 is 1.12 bits per heavy atom. The van der Waals surface area contributed by atoms with E-state index in [1.165, 1.54) is 38.5 Å². The van der Waals surface area contributed by atoms with Gasteiger partial charge in [-0.05, 0) is 32.4 Å². The van der Waals surface area contributed by atoms with Crippen LogP contribution in [0, 0.1) is 10.1 Å². The van der Waals surface area contributed by atoms with Crippen molar-refractivity contribution >= 4 is 11.7 Å². The molecule has 2 heterocycles. The number of hydrogen-bond donors (Lipinski definition) is 0. The lowest BCUT2D eigenvalue weighted by Crippen LogP contribution is -2.71. The fourth-order valence-electron chi connectivity index (χ4n) is 3.72. The average molecular weight is 469 g/mol. The van der Waals surface area contributed by atoms with E-state index in [0.717, 1.165) is 12.8 Å². The number of nitrogens with zero attached hydrogens (tertiary/aromatic N) is 1. The van der Waals surface area contributed by atoms with Crippen molar-refractivity contribution in [3.8, 4) is 0 Å². The van der Waals surface area contributed by atoms with Crippen LogP contribution in [0.1, 0.15) is 44.0 Å². The maximum Gasteiger partial charge on any atom is 0.338 e. The molecule has 2 saturated heterocycles. The van der Waals surface area contributed by atoms with Gasteiger partial charge < -0.3 is 33.2 Å². The average Bonchev–Trinajstić information content (AvgIpc) is 2.81. The molecule has 0 saturated carbocycles. The number of non-ortho nitro benzene ring substituents is 1. The van der Waals surface area contributed by atoms with E-state index >= 15 is 0 Å². The summed E-state index contributed by atoms with van der Waals surface area (Å²) in [5.41, 5.74) is 0.0323. The van der Waals surface area contributed by atoms with Crippen molar-refractivity contribution < 1.29 is 42.9 Å². The van der Waals surface area contributed by atoms with E-state index in [9.17, 15) is 14.9 Å². The summed E-state index contributed by atoms with van der Waals surface area (Å²) in [6, 6.07) is 5.14. The Bertz CT molecular complexity index is 833. The maximum atomic E-state index is 12.7. The lowest BCUT2D eigenvalue weighted by Gasteiger charge is -2.55. The second kappa shape index (κ2) is 10.4. The molecule has 2 aliphatic rings. The van der Waals surface area contributed by atoms with E-state index < -0.39 is 47.1 Å². The number of esters is 1. The van der Waals surface area contributed by atoms with Gasteiger partial charge in [0.25, 0.3) is 5.69 Å². The summed E-state index contributed by atoms with van der Waals surface area (Å²) in [4.78, 5) is 23.1. The van der Waals surface area contributed by atoms with Crippen LogP contribution < -0.4 is 0 Å². The van der Waals surface area contributed by atoms with Crippen molar-refractivity contribution in [3.05, 3.63) is 39.9 Å². The lowest BCUT2D eigenvalue weighted by atomic mass is 9.98. The molecule has 0 radical (unpaired) electrons. The number of rotatable bonds is 9. The Hall–Kier alpha value is -2.15. The summed E-state index contributed by atoms with van der Waals surface area (Å²) in [5, 5.41) is 10.9. The fraction of sp³-hybridized carbons (Fsp3) is 0.682. The maximum absolute atomic E-state index is 12.7. The van der Waals surface area contributed by atoms with E-state index in [2.05, 4.69) is 0 Å². The van der Waals surface area contributed by atoms with Crippen LogP contribution in [0.5, 0.6) is 0 Å².